The van der Waals surface area contributed by atoms with E-state index in [4.69, 9.17) is 32.4 Å². The standard InChI is InChI=1S/C22H12Cl2O4/c23-18-7-3-1-5-14(18)17-12-27-20-11-13(9-10-16(20)21(17)25)28-22(26)15-6-2-4-8-19(15)24/h1-12H. The van der Waals surface area contributed by atoms with Crippen molar-refractivity contribution >= 4 is 40.1 Å². The lowest BCUT2D eigenvalue weighted by Crippen LogP contribution is -2.09. The molecule has 4 rings (SSSR count). The highest BCUT2D eigenvalue weighted by Gasteiger charge is 2.15. The predicted octanol–water partition coefficient (Wildman–Crippen LogP) is 5.99. The second-order valence-electron chi connectivity index (χ2n) is 5.99. The van der Waals surface area contributed by atoms with Gasteiger partial charge in [0, 0.05) is 16.7 Å². The van der Waals surface area contributed by atoms with Crippen LogP contribution < -0.4 is 10.2 Å². The lowest BCUT2D eigenvalue weighted by Gasteiger charge is -2.08. The molecule has 0 bridgehead atoms. The van der Waals surface area contributed by atoms with E-state index in [2.05, 4.69) is 0 Å². The van der Waals surface area contributed by atoms with E-state index in [1.807, 2.05) is 0 Å². The number of rotatable bonds is 3. The Balaban J connectivity index is 1.70. The summed E-state index contributed by atoms with van der Waals surface area (Å²) >= 11 is 12.2. The van der Waals surface area contributed by atoms with Gasteiger partial charge in [-0.15, -0.1) is 0 Å². The molecule has 0 fully saturated rings. The molecule has 0 aliphatic carbocycles. The van der Waals surface area contributed by atoms with Gasteiger partial charge in [0.15, 0.2) is 0 Å². The zero-order chi connectivity index (χ0) is 19.7. The Labute approximate surface area is 169 Å². The van der Waals surface area contributed by atoms with E-state index in [1.165, 1.54) is 18.4 Å². The molecule has 0 unspecified atom stereocenters. The predicted molar refractivity (Wildman–Crippen MR) is 109 cm³/mol. The van der Waals surface area contributed by atoms with Crippen molar-refractivity contribution in [1.29, 1.82) is 0 Å². The fraction of sp³-hybridized carbons (Fsp3) is 0. The largest absolute Gasteiger partial charge is 0.463 e. The first-order chi connectivity index (χ1) is 13.5. The summed E-state index contributed by atoms with van der Waals surface area (Å²) in [7, 11) is 0. The molecule has 6 heteroatoms. The Morgan fingerprint density at radius 3 is 2.32 bits per heavy atom. The van der Waals surface area contributed by atoms with E-state index < -0.39 is 5.97 Å². The number of fused-ring (bicyclic) bond motifs is 1. The van der Waals surface area contributed by atoms with E-state index in [-0.39, 0.29) is 16.7 Å². The molecule has 4 aromatic rings. The summed E-state index contributed by atoms with van der Waals surface area (Å²) in [6.45, 7) is 0. The van der Waals surface area contributed by atoms with E-state index in [0.29, 0.717) is 32.1 Å². The van der Waals surface area contributed by atoms with Crippen molar-refractivity contribution in [3.05, 3.63) is 98.8 Å². The molecule has 0 saturated carbocycles. The summed E-state index contributed by atoms with van der Waals surface area (Å²) in [5.74, 6) is -0.356. The van der Waals surface area contributed by atoms with Crippen LogP contribution in [0.3, 0.4) is 0 Å². The molecule has 0 amide bonds. The topological polar surface area (TPSA) is 56.5 Å². The minimum absolute atomic E-state index is 0.224. The molecule has 0 aliphatic heterocycles. The number of esters is 1. The van der Waals surface area contributed by atoms with Gasteiger partial charge >= 0.3 is 5.97 Å². The average Bonchev–Trinajstić information content (AvgIpc) is 2.69. The number of benzene rings is 3. The lowest BCUT2D eigenvalue weighted by atomic mass is 10.1. The van der Waals surface area contributed by atoms with Crippen molar-refractivity contribution in [2.75, 3.05) is 0 Å². The fourth-order valence-electron chi connectivity index (χ4n) is 2.83. The van der Waals surface area contributed by atoms with E-state index in [0.717, 1.165) is 0 Å². The molecule has 0 aliphatic rings. The van der Waals surface area contributed by atoms with Gasteiger partial charge in [0.25, 0.3) is 0 Å². The molecule has 0 spiro atoms. The molecule has 4 nitrogen and oxygen atoms in total. The maximum absolute atomic E-state index is 12.8. The Hall–Kier alpha value is -3.08. The SMILES string of the molecule is O=C(Oc1ccc2c(=O)c(-c3ccccc3Cl)coc2c1)c1ccccc1Cl. The van der Waals surface area contributed by atoms with Crippen molar-refractivity contribution in [3.63, 3.8) is 0 Å². The summed E-state index contributed by atoms with van der Waals surface area (Å²) < 4.78 is 11.0. The van der Waals surface area contributed by atoms with Gasteiger partial charge in [-0.05, 0) is 30.3 Å². The molecular formula is C22H12Cl2O4. The molecule has 0 saturated heterocycles. The molecule has 1 aromatic heterocycles. The zero-order valence-corrected chi connectivity index (χ0v) is 15.8. The third-order valence-corrected chi connectivity index (χ3v) is 4.87. The number of carbonyl (C=O) groups is 1. The zero-order valence-electron chi connectivity index (χ0n) is 14.3. The van der Waals surface area contributed by atoms with Crippen LogP contribution in [-0.2, 0) is 0 Å². The first kappa shape index (κ1) is 18.3. The van der Waals surface area contributed by atoms with Gasteiger partial charge < -0.3 is 9.15 Å². The van der Waals surface area contributed by atoms with Gasteiger partial charge in [0.1, 0.15) is 17.6 Å². The van der Waals surface area contributed by atoms with Gasteiger partial charge in [-0.25, -0.2) is 4.79 Å². The van der Waals surface area contributed by atoms with Crippen LogP contribution in [0.2, 0.25) is 10.0 Å². The van der Waals surface area contributed by atoms with Crippen molar-refractivity contribution in [3.8, 4) is 16.9 Å². The number of halogens is 2. The molecular weight excluding hydrogens is 399 g/mol. The van der Waals surface area contributed by atoms with Crippen LogP contribution in [0.1, 0.15) is 10.4 Å². The van der Waals surface area contributed by atoms with Gasteiger partial charge in [0.2, 0.25) is 5.43 Å². The van der Waals surface area contributed by atoms with E-state index in [1.54, 1.807) is 54.6 Å². The van der Waals surface area contributed by atoms with Crippen LogP contribution in [0.4, 0.5) is 0 Å². The van der Waals surface area contributed by atoms with E-state index in [9.17, 15) is 9.59 Å². The highest BCUT2D eigenvalue weighted by atomic mass is 35.5. The molecule has 28 heavy (non-hydrogen) atoms. The van der Waals surface area contributed by atoms with Crippen molar-refractivity contribution in [1.82, 2.24) is 0 Å². The molecule has 138 valence electrons. The van der Waals surface area contributed by atoms with Gasteiger partial charge in [0.05, 0.1) is 21.5 Å². The monoisotopic (exact) mass is 410 g/mol. The van der Waals surface area contributed by atoms with Crippen molar-refractivity contribution < 1.29 is 13.9 Å². The number of hydrogen-bond acceptors (Lipinski definition) is 4. The molecule has 0 atom stereocenters. The Morgan fingerprint density at radius 2 is 1.57 bits per heavy atom. The van der Waals surface area contributed by atoms with Crippen LogP contribution in [0, 0.1) is 0 Å². The van der Waals surface area contributed by atoms with Gasteiger partial charge in [-0.1, -0.05) is 53.5 Å². The Bertz CT molecular complexity index is 1260. The number of carbonyl (C=O) groups excluding carboxylic acids is 1. The molecule has 1 heterocycles. The third kappa shape index (κ3) is 3.40. The van der Waals surface area contributed by atoms with Gasteiger partial charge in [-0.2, -0.15) is 0 Å². The van der Waals surface area contributed by atoms with Crippen molar-refractivity contribution in [2.45, 2.75) is 0 Å². The first-order valence-electron chi connectivity index (χ1n) is 8.32. The number of hydrogen-bond donors (Lipinski definition) is 0. The maximum atomic E-state index is 12.8. The number of ether oxygens (including phenoxy) is 1. The minimum atomic E-state index is -0.597. The summed E-state index contributed by atoms with van der Waals surface area (Å²) in [5.41, 5.74) is 1.27. The normalized spacial score (nSPS) is 10.8. The molecule has 0 N–H and O–H groups in total. The summed E-state index contributed by atoms with van der Waals surface area (Å²) in [6, 6.07) is 18.2. The summed E-state index contributed by atoms with van der Waals surface area (Å²) in [5, 5.41) is 1.11. The van der Waals surface area contributed by atoms with Crippen LogP contribution in [0.25, 0.3) is 22.1 Å². The summed E-state index contributed by atoms with van der Waals surface area (Å²) in [4.78, 5) is 25.1. The Kier molecular flexibility index (Phi) is 4.90. The quantitative estimate of drug-likeness (QED) is 0.307. The van der Waals surface area contributed by atoms with Crippen molar-refractivity contribution in [2.24, 2.45) is 0 Å². The van der Waals surface area contributed by atoms with E-state index >= 15 is 0 Å². The lowest BCUT2D eigenvalue weighted by molar-refractivity contribution is 0.0735. The minimum Gasteiger partial charge on any atom is -0.463 e. The second-order valence-corrected chi connectivity index (χ2v) is 6.80. The highest BCUT2D eigenvalue weighted by Crippen LogP contribution is 2.28. The average molecular weight is 411 g/mol. The van der Waals surface area contributed by atoms with Gasteiger partial charge in [-0.3, -0.25) is 4.79 Å². The maximum Gasteiger partial charge on any atom is 0.345 e. The molecule has 3 aromatic carbocycles. The molecule has 0 radical (unpaired) electrons. The highest BCUT2D eigenvalue weighted by molar-refractivity contribution is 6.33. The fourth-order valence-corrected chi connectivity index (χ4v) is 3.28. The second kappa shape index (κ2) is 7.50. The first-order valence-corrected chi connectivity index (χ1v) is 9.07. The Morgan fingerprint density at radius 1 is 0.857 bits per heavy atom. The van der Waals surface area contributed by atoms with Crippen LogP contribution >= 0.6 is 23.2 Å². The van der Waals surface area contributed by atoms with Crippen LogP contribution in [0.5, 0.6) is 5.75 Å². The van der Waals surface area contributed by atoms with Crippen LogP contribution in [-0.4, -0.2) is 5.97 Å². The smallest absolute Gasteiger partial charge is 0.345 e. The third-order valence-electron chi connectivity index (χ3n) is 4.21. The van der Waals surface area contributed by atoms with Crippen LogP contribution in [0.15, 0.2) is 82.2 Å². The summed E-state index contributed by atoms with van der Waals surface area (Å²) in [6.07, 6.45) is 1.35.